The highest BCUT2D eigenvalue weighted by atomic mass is 35.7. The first-order valence-corrected chi connectivity index (χ1v) is 7.59. The molecule has 0 atom stereocenters. The van der Waals surface area contributed by atoms with Crippen LogP contribution in [0, 0.1) is 6.92 Å². The summed E-state index contributed by atoms with van der Waals surface area (Å²) in [4.78, 5) is 3.96. The van der Waals surface area contributed by atoms with Gasteiger partial charge in [0.2, 0.25) is 5.82 Å². The molecule has 0 bridgehead atoms. The molecule has 1 saturated carbocycles. The van der Waals surface area contributed by atoms with Gasteiger partial charge in [-0.05, 0) is 19.8 Å². The van der Waals surface area contributed by atoms with Crippen LogP contribution in [0.15, 0.2) is 16.0 Å². The molecule has 0 aliphatic heterocycles. The third-order valence-corrected chi connectivity index (χ3v) is 3.87. The number of aromatic nitrogens is 4. The first-order valence-electron chi connectivity index (χ1n) is 5.28. The Bertz CT molecular complexity index is 701. The van der Waals surface area contributed by atoms with Gasteiger partial charge in [-0.1, -0.05) is 0 Å². The van der Waals surface area contributed by atoms with Crippen LogP contribution in [-0.2, 0) is 9.05 Å². The minimum atomic E-state index is -3.92. The molecule has 0 N–H and O–H groups in total. The zero-order valence-corrected chi connectivity index (χ0v) is 10.9. The quantitative estimate of drug-likeness (QED) is 0.795. The summed E-state index contributed by atoms with van der Waals surface area (Å²) in [5, 5.41) is 7.28. The molecule has 1 fully saturated rings. The number of halogens is 1. The van der Waals surface area contributed by atoms with Crippen molar-refractivity contribution in [2.24, 2.45) is 0 Å². The Balaban J connectivity index is 2.23. The maximum atomic E-state index is 11.4. The fourth-order valence-electron chi connectivity index (χ4n) is 1.78. The average molecular weight is 289 g/mol. The maximum absolute atomic E-state index is 11.4. The van der Waals surface area contributed by atoms with Gasteiger partial charge in [0.05, 0.1) is 5.69 Å². The van der Waals surface area contributed by atoms with Crippen molar-refractivity contribution in [2.45, 2.75) is 31.0 Å². The molecular formula is C9H9ClN4O3S. The summed E-state index contributed by atoms with van der Waals surface area (Å²) in [7, 11) is 1.43. The molecule has 7 nitrogen and oxygen atoms in total. The van der Waals surface area contributed by atoms with Crippen LogP contribution >= 0.6 is 10.7 Å². The predicted octanol–water partition coefficient (Wildman–Crippen LogP) is 1.50. The van der Waals surface area contributed by atoms with E-state index in [-0.39, 0.29) is 11.2 Å². The SMILES string of the molecule is Cc1ncoc1-c1nnc(S(=O)(=O)Cl)n1C1CC1. The molecular weight excluding hydrogens is 280 g/mol. The Hall–Kier alpha value is -1.41. The highest BCUT2D eigenvalue weighted by Gasteiger charge is 2.35. The van der Waals surface area contributed by atoms with Crippen LogP contribution < -0.4 is 0 Å². The monoisotopic (exact) mass is 288 g/mol. The van der Waals surface area contributed by atoms with E-state index in [1.165, 1.54) is 11.0 Å². The molecule has 1 aliphatic carbocycles. The number of oxazole rings is 1. The van der Waals surface area contributed by atoms with E-state index in [0.717, 1.165) is 12.8 Å². The lowest BCUT2D eigenvalue weighted by molar-refractivity contribution is 0.551. The molecule has 9 heteroatoms. The second-order valence-electron chi connectivity index (χ2n) is 4.11. The lowest BCUT2D eigenvalue weighted by Crippen LogP contribution is -2.06. The molecule has 3 rings (SSSR count). The molecule has 0 radical (unpaired) electrons. The van der Waals surface area contributed by atoms with Gasteiger partial charge in [-0.2, -0.15) is 0 Å². The molecule has 18 heavy (non-hydrogen) atoms. The van der Waals surface area contributed by atoms with Crippen LogP contribution in [0.1, 0.15) is 24.6 Å². The van der Waals surface area contributed by atoms with Gasteiger partial charge < -0.3 is 4.42 Å². The number of aryl methyl sites for hydroxylation is 1. The van der Waals surface area contributed by atoms with Crippen LogP contribution in [0.5, 0.6) is 0 Å². The maximum Gasteiger partial charge on any atom is 0.296 e. The van der Waals surface area contributed by atoms with E-state index in [2.05, 4.69) is 15.2 Å². The van der Waals surface area contributed by atoms with Gasteiger partial charge in [-0.15, -0.1) is 10.2 Å². The lowest BCUT2D eigenvalue weighted by atomic mass is 10.3. The normalized spacial score (nSPS) is 16.1. The second kappa shape index (κ2) is 3.79. The van der Waals surface area contributed by atoms with Crippen molar-refractivity contribution in [3.8, 4) is 11.6 Å². The zero-order valence-electron chi connectivity index (χ0n) is 9.37. The molecule has 0 saturated heterocycles. The summed E-state index contributed by atoms with van der Waals surface area (Å²) in [6.07, 6.45) is 3.03. The van der Waals surface area contributed by atoms with E-state index < -0.39 is 9.05 Å². The first kappa shape index (κ1) is 11.7. The van der Waals surface area contributed by atoms with Gasteiger partial charge in [0.1, 0.15) is 0 Å². The minimum absolute atomic E-state index is 0.0584. The minimum Gasteiger partial charge on any atom is -0.440 e. The van der Waals surface area contributed by atoms with Crippen molar-refractivity contribution in [2.75, 3.05) is 0 Å². The first-order chi connectivity index (χ1) is 8.48. The van der Waals surface area contributed by atoms with E-state index in [4.69, 9.17) is 15.1 Å². The Morgan fingerprint density at radius 3 is 2.67 bits per heavy atom. The third-order valence-electron chi connectivity index (χ3n) is 2.74. The van der Waals surface area contributed by atoms with Crippen LogP contribution in [0.4, 0.5) is 0 Å². The van der Waals surface area contributed by atoms with Crippen LogP contribution in [-0.4, -0.2) is 28.2 Å². The molecule has 2 aromatic rings. The van der Waals surface area contributed by atoms with Crippen molar-refractivity contribution in [3.63, 3.8) is 0 Å². The van der Waals surface area contributed by atoms with Crippen molar-refractivity contribution in [1.29, 1.82) is 0 Å². The number of rotatable bonds is 3. The summed E-state index contributed by atoms with van der Waals surface area (Å²) in [5.41, 5.74) is 0.628. The topological polar surface area (TPSA) is 90.9 Å². The predicted molar refractivity (Wildman–Crippen MR) is 61.6 cm³/mol. The molecule has 0 spiro atoms. The van der Waals surface area contributed by atoms with Crippen molar-refractivity contribution in [1.82, 2.24) is 19.7 Å². The van der Waals surface area contributed by atoms with Gasteiger partial charge in [-0.25, -0.2) is 13.4 Å². The second-order valence-corrected chi connectivity index (χ2v) is 6.57. The van der Waals surface area contributed by atoms with Gasteiger partial charge in [0, 0.05) is 16.7 Å². The van der Waals surface area contributed by atoms with E-state index in [0.29, 0.717) is 17.3 Å². The van der Waals surface area contributed by atoms with Gasteiger partial charge >= 0.3 is 0 Å². The average Bonchev–Trinajstić information content (AvgIpc) is 2.86. The fourth-order valence-corrected chi connectivity index (χ4v) is 2.70. The Labute approximate surface area is 107 Å². The van der Waals surface area contributed by atoms with E-state index in [1.807, 2.05) is 0 Å². The number of nitrogens with zero attached hydrogens (tertiary/aromatic N) is 4. The van der Waals surface area contributed by atoms with Crippen LogP contribution in [0.2, 0.25) is 0 Å². The lowest BCUT2D eigenvalue weighted by Gasteiger charge is -2.05. The highest BCUT2D eigenvalue weighted by Crippen LogP contribution is 2.40. The summed E-state index contributed by atoms with van der Waals surface area (Å²) in [6, 6.07) is 0.0584. The van der Waals surface area contributed by atoms with Crippen molar-refractivity contribution < 1.29 is 12.8 Å². The van der Waals surface area contributed by atoms with E-state index in [9.17, 15) is 8.42 Å². The largest absolute Gasteiger partial charge is 0.440 e. The molecule has 1 aliphatic rings. The Kier molecular flexibility index (Phi) is 2.46. The summed E-state index contributed by atoms with van der Waals surface area (Å²) in [6.45, 7) is 1.75. The zero-order chi connectivity index (χ0) is 12.9. The summed E-state index contributed by atoms with van der Waals surface area (Å²) >= 11 is 0. The van der Waals surface area contributed by atoms with Gasteiger partial charge in [-0.3, -0.25) is 4.57 Å². The molecule has 96 valence electrons. The fraction of sp³-hybridized carbons (Fsp3) is 0.444. The van der Waals surface area contributed by atoms with Crippen LogP contribution in [0.25, 0.3) is 11.6 Å². The van der Waals surface area contributed by atoms with Crippen molar-refractivity contribution in [3.05, 3.63) is 12.1 Å². The van der Waals surface area contributed by atoms with E-state index >= 15 is 0 Å². The molecule has 2 heterocycles. The Morgan fingerprint density at radius 1 is 1.44 bits per heavy atom. The molecule has 0 amide bonds. The van der Waals surface area contributed by atoms with Crippen LogP contribution in [0.3, 0.4) is 0 Å². The summed E-state index contributed by atoms with van der Waals surface area (Å²) < 4.78 is 29.6. The van der Waals surface area contributed by atoms with Gasteiger partial charge in [0.25, 0.3) is 14.2 Å². The van der Waals surface area contributed by atoms with E-state index in [1.54, 1.807) is 6.92 Å². The Morgan fingerprint density at radius 2 is 2.17 bits per heavy atom. The van der Waals surface area contributed by atoms with Gasteiger partial charge in [0.15, 0.2) is 12.2 Å². The molecule has 0 unspecified atom stereocenters. The smallest absolute Gasteiger partial charge is 0.296 e. The molecule has 0 aromatic carbocycles. The third kappa shape index (κ3) is 1.81. The molecule has 2 aromatic heterocycles. The number of hydrogen-bond acceptors (Lipinski definition) is 6. The standard InChI is InChI=1S/C9H9ClN4O3S/c1-5-7(17-4-11-5)8-12-13-9(18(10,15)16)14(8)6-2-3-6/h4,6H,2-3H2,1H3. The van der Waals surface area contributed by atoms with Crippen molar-refractivity contribution >= 4 is 19.7 Å². The highest BCUT2D eigenvalue weighted by molar-refractivity contribution is 8.13. The summed E-state index contributed by atoms with van der Waals surface area (Å²) in [5.74, 6) is 0.771. The number of hydrogen-bond donors (Lipinski definition) is 0.